The van der Waals surface area contributed by atoms with Crippen LogP contribution in [0.4, 0.5) is 0 Å². The molecule has 1 aliphatic heterocycles. The van der Waals surface area contributed by atoms with Crippen molar-refractivity contribution >= 4 is 23.2 Å². The van der Waals surface area contributed by atoms with Gasteiger partial charge in [0, 0.05) is 28.7 Å². The monoisotopic (exact) mass is 329 g/mol. The first-order valence-corrected chi connectivity index (χ1v) is 8.60. The zero-order valence-electron chi connectivity index (χ0n) is 13.1. The minimum atomic E-state index is 0.0355. The Morgan fingerprint density at radius 3 is 2.71 bits per heavy atom. The van der Waals surface area contributed by atoms with Gasteiger partial charge in [0.15, 0.2) is 0 Å². The molecule has 21 heavy (non-hydrogen) atoms. The average Bonchev–Trinajstić information content (AvgIpc) is 2.49. The van der Waals surface area contributed by atoms with Crippen molar-refractivity contribution in [2.75, 3.05) is 6.61 Å². The van der Waals surface area contributed by atoms with E-state index in [2.05, 4.69) is 26.1 Å². The van der Waals surface area contributed by atoms with Crippen LogP contribution in [-0.4, -0.2) is 18.2 Å². The van der Waals surface area contributed by atoms with Crippen LogP contribution in [-0.2, 0) is 4.74 Å². The first-order chi connectivity index (χ1) is 9.99. The van der Waals surface area contributed by atoms with Crippen molar-refractivity contribution in [1.29, 1.82) is 0 Å². The van der Waals surface area contributed by atoms with E-state index < -0.39 is 0 Å². The number of benzene rings is 1. The van der Waals surface area contributed by atoms with Crippen molar-refractivity contribution in [2.24, 2.45) is 0 Å². The van der Waals surface area contributed by atoms with E-state index in [9.17, 15) is 0 Å². The molecule has 2 atom stereocenters. The Balaban J connectivity index is 2.05. The molecule has 0 amide bonds. The number of ether oxygens (including phenoxy) is 1. The maximum atomic E-state index is 6.30. The Bertz CT molecular complexity index is 474. The van der Waals surface area contributed by atoms with Crippen LogP contribution in [0.15, 0.2) is 18.2 Å². The molecule has 2 unspecified atom stereocenters. The lowest BCUT2D eigenvalue weighted by Crippen LogP contribution is -2.47. The molecule has 1 fully saturated rings. The molecule has 0 bridgehead atoms. The molecule has 2 nitrogen and oxygen atoms in total. The van der Waals surface area contributed by atoms with Gasteiger partial charge in [-0.2, -0.15) is 0 Å². The summed E-state index contributed by atoms with van der Waals surface area (Å²) < 4.78 is 6.04. The summed E-state index contributed by atoms with van der Waals surface area (Å²) in [6, 6.07) is 6.29. The Morgan fingerprint density at radius 1 is 1.33 bits per heavy atom. The van der Waals surface area contributed by atoms with Gasteiger partial charge in [-0.25, -0.2) is 0 Å². The predicted octanol–water partition coefficient (Wildman–Crippen LogP) is 5.38. The summed E-state index contributed by atoms with van der Waals surface area (Å²) in [4.78, 5) is 0. The molecule has 0 radical (unpaired) electrons. The second-order valence-corrected chi connectivity index (χ2v) is 6.83. The fraction of sp³-hybridized carbons (Fsp3) is 0.647. The van der Waals surface area contributed by atoms with Crippen molar-refractivity contribution in [3.8, 4) is 0 Å². The summed E-state index contributed by atoms with van der Waals surface area (Å²) in [5.74, 6) is 0. The SMILES string of the molecule is CCC1(CC)CC(NC(C)c2cc(Cl)ccc2Cl)CCO1. The third-order valence-electron chi connectivity index (χ3n) is 4.69. The van der Waals surface area contributed by atoms with Gasteiger partial charge < -0.3 is 10.1 Å². The minimum Gasteiger partial charge on any atom is -0.375 e. The molecule has 1 N–H and O–H groups in total. The van der Waals surface area contributed by atoms with Crippen LogP contribution in [0.25, 0.3) is 0 Å². The molecule has 2 rings (SSSR count). The molecule has 1 heterocycles. The Morgan fingerprint density at radius 2 is 2.05 bits per heavy atom. The smallest absolute Gasteiger partial charge is 0.0692 e. The zero-order chi connectivity index (χ0) is 15.5. The van der Waals surface area contributed by atoms with Gasteiger partial charge in [0.2, 0.25) is 0 Å². The van der Waals surface area contributed by atoms with Crippen LogP contribution in [0.1, 0.15) is 58.1 Å². The van der Waals surface area contributed by atoms with Crippen molar-refractivity contribution in [2.45, 2.75) is 64.1 Å². The molecule has 1 aromatic rings. The van der Waals surface area contributed by atoms with Gasteiger partial charge in [-0.15, -0.1) is 0 Å². The lowest BCUT2D eigenvalue weighted by Gasteiger charge is -2.41. The number of hydrogen-bond donors (Lipinski definition) is 1. The topological polar surface area (TPSA) is 21.3 Å². The van der Waals surface area contributed by atoms with Crippen LogP contribution in [0.3, 0.4) is 0 Å². The largest absolute Gasteiger partial charge is 0.375 e. The normalized spacial score (nSPS) is 23.0. The lowest BCUT2D eigenvalue weighted by atomic mass is 9.85. The molecule has 4 heteroatoms. The second kappa shape index (κ2) is 7.32. The zero-order valence-corrected chi connectivity index (χ0v) is 14.6. The summed E-state index contributed by atoms with van der Waals surface area (Å²) in [5.41, 5.74) is 1.10. The highest BCUT2D eigenvalue weighted by molar-refractivity contribution is 6.33. The number of halogens is 2. The van der Waals surface area contributed by atoms with E-state index in [0.717, 1.165) is 47.9 Å². The van der Waals surface area contributed by atoms with Crippen molar-refractivity contribution in [1.82, 2.24) is 5.32 Å². The van der Waals surface area contributed by atoms with Crippen LogP contribution in [0.2, 0.25) is 10.0 Å². The van der Waals surface area contributed by atoms with E-state index in [-0.39, 0.29) is 11.6 Å². The molecule has 0 spiro atoms. The fourth-order valence-corrected chi connectivity index (χ4v) is 3.66. The van der Waals surface area contributed by atoms with Gasteiger partial charge in [0.25, 0.3) is 0 Å². The van der Waals surface area contributed by atoms with Crippen molar-refractivity contribution in [3.63, 3.8) is 0 Å². The standard InChI is InChI=1S/C17H25Cl2NO/c1-4-17(5-2)11-14(8-9-21-17)20-12(3)15-10-13(18)6-7-16(15)19/h6-7,10,12,14,20H,4-5,8-9,11H2,1-3H3. The molecule has 1 aromatic carbocycles. The molecular formula is C17H25Cl2NO. The first kappa shape index (κ1) is 17.1. The van der Waals surface area contributed by atoms with Crippen LogP contribution >= 0.6 is 23.2 Å². The van der Waals surface area contributed by atoms with Gasteiger partial charge >= 0.3 is 0 Å². The molecule has 0 aliphatic carbocycles. The van der Waals surface area contributed by atoms with E-state index in [0.29, 0.717) is 6.04 Å². The average molecular weight is 330 g/mol. The van der Waals surface area contributed by atoms with Gasteiger partial charge in [-0.05, 0) is 56.4 Å². The second-order valence-electron chi connectivity index (χ2n) is 5.98. The molecule has 118 valence electrons. The molecule has 1 aliphatic rings. The van der Waals surface area contributed by atoms with Crippen molar-refractivity contribution in [3.05, 3.63) is 33.8 Å². The Labute approximate surface area is 138 Å². The quantitative estimate of drug-likeness (QED) is 0.782. The highest BCUT2D eigenvalue weighted by atomic mass is 35.5. The van der Waals surface area contributed by atoms with Crippen LogP contribution < -0.4 is 5.32 Å². The summed E-state index contributed by atoms with van der Waals surface area (Å²) in [6.45, 7) is 7.40. The van der Waals surface area contributed by atoms with Crippen molar-refractivity contribution < 1.29 is 4.74 Å². The molecular weight excluding hydrogens is 305 g/mol. The third-order valence-corrected chi connectivity index (χ3v) is 5.27. The number of nitrogens with one attached hydrogen (secondary N) is 1. The third kappa shape index (κ3) is 4.13. The highest BCUT2D eigenvalue weighted by Crippen LogP contribution is 2.33. The minimum absolute atomic E-state index is 0.0355. The maximum absolute atomic E-state index is 6.30. The Kier molecular flexibility index (Phi) is 5.96. The summed E-state index contributed by atoms with van der Waals surface area (Å²) in [5, 5.41) is 5.20. The summed E-state index contributed by atoms with van der Waals surface area (Å²) in [7, 11) is 0. The van der Waals surface area contributed by atoms with Gasteiger partial charge in [-0.1, -0.05) is 37.0 Å². The lowest BCUT2D eigenvalue weighted by molar-refractivity contribution is -0.0939. The summed E-state index contributed by atoms with van der Waals surface area (Å²) >= 11 is 12.4. The van der Waals surface area contributed by atoms with E-state index in [1.807, 2.05) is 18.2 Å². The number of rotatable bonds is 5. The molecule has 1 saturated heterocycles. The van der Waals surface area contributed by atoms with Gasteiger partial charge in [-0.3, -0.25) is 0 Å². The Hall–Kier alpha value is -0.280. The summed E-state index contributed by atoms with van der Waals surface area (Å²) in [6.07, 6.45) is 4.23. The predicted molar refractivity (Wildman–Crippen MR) is 90.3 cm³/mol. The van der Waals surface area contributed by atoms with Crippen LogP contribution in [0, 0.1) is 0 Å². The molecule has 0 aromatic heterocycles. The van der Waals surface area contributed by atoms with E-state index in [1.165, 1.54) is 0 Å². The first-order valence-electron chi connectivity index (χ1n) is 7.84. The fourth-order valence-electron chi connectivity index (χ4n) is 3.20. The van der Waals surface area contributed by atoms with E-state index >= 15 is 0 Å². The molecule has 0 saturated carbocycles. The van der Waals surface area contributed by atoms with Gasteiger partial charge in [0.1, 0.15) is 0 Å². The highest BCUT2D eigenvalue weighted by Gasteiger charge is 2.34. The maximum Gasteiger partial charge on any atom is 0.0692 e. The van der Waals surface area contributed by atoms with Crippen LogP contribution in [0.5, 0.6) is 0 Å². The van der Waals surface area contributed by atoms with E-state index in [1.54, 1.807) is 0 Å². The van der Waals surface area contributed by atoms with E-state index in [4.69, 9.17) is 27.9 Å². The van der Waals surface area contributed by atoms with Gasteiger partial charge in [0.05, 0.1) is 5.60 Å². The number of hydrogen-bond acceptors (Lipinski definition) is 2.